The summed E-state index contributed by atoms with van der Waals surface area (Å²) in [7, 11) is 0. The van der Waals surface area contributed by atoms with Crippen molar-refractivity contribution in [3.63, 3.8) is 0 Å². The van der Waals surface area contributed by atoms with Crippen LogP contribution in [0, 0.1) is 12.7 Å². The number of anilines is 1. The van der Waals surface area contributed by atoms with Gasteiger partial charge in [0.1, 0.15) is 5.82 Å². The molecule has 1 atom stereocenters. The standard InChI is InChI=1S/C14H18FN5/c1-9-3-4-11(7-12(9)15)13-17-14(19-18-13)20-6-5-16-10(2)8-20/h3-4,7,10,16H,5-6,8H2,1-2H3,(H,17,18,19)/t10-/m0/s1. The quantitative estimate of drug-likeness (QED) is 0.876. The molecule has 0 aliphatic carbocycles. The summed E-state index contributed by atoms with van der Waals surface area (Å²) >= 11 is 0. The Morgan fingerprint density at radius 2 is 2.25 bits per heavy atom. The summed E-state index contributed by atoms with van der Waals surface area (Å²) in [5, 5.41) is 10.5. The molecule has 0 bridgehead atoms. The van der Waals surface area contributed by atoms with Crippen LogP contribution in [0.2, 0.25) is 0 Å². The summed E-state index contributed by atoms with van der Waals surface area (Å²) in [6, 6.07) is 5.51. The number of hydrogen-bond acceptors (Lipinski definition) is 4. The van der Waals surface area contributed by atoms with Gasteiger partial charge in [-0.3, -0.25) is 5.10 Å². The van der Waals surface area contributed by atoms with Crippen LogP contribution in [-0.4, -0.2) is 40.9 Å². The molecule has 1 fully saturated rings. The molecule has 2 aromatic rings. The highest BCUT2D eigenvalue weighted by Gasteiger charge is 2.19. The Labute approximate surface area is 117 Å². The number of aromatic amines is 1. The Kier molecular flexibility index (Phi) is 3.40. The Morgan fingerprint density at radius 1 is 1.40 bits per heavy atom. The lowest BCUT2D eigenvalue weighted by molar-refractivity contribution is 0.480. The lowest BCUT2D eigenvalue weighted by atomic mass is 10.1. The zero-order valence-corrected chi connectivity index (χ0v) is 11.7. The fourth-order valence-electron chi connectivity index (χ4n) is 2.38. The van der Waals surface area contributed by atoms with Crippen LogP contribution in [0.1, 0.15) is 12.5 Å². The van der Waals surface area contributed by atoms with Gasteiger partial charge < -0.3 is 10.2 Å². The Balaban J connectivity index is 1.84. The van der Waals surface area contributed by atoms with Crippen molar-refractivity contribution in [2.24, 2.45) is 0 Å². The molecule has 0 spiro atoms. The van der Waals surface area contributed by atoms with Crippen LogP contribution in [-0.2, 0) is 0 Å². The fourth-order valence-corrected chi connectivity index (χ4v) is 2.38. The molecule has 1 aliphatic heterocycles. The van der Waals surface area contributed by atoms with Crippen LogP contribution in [0.5, 0.6) is 0 Å². The van der Waals surface area contributed by atoms with E-state index >= 15 is 0 Å². The van der Waals surface area contributed by atoms with Gasteiger partial charge in [-0.05, 0) is 25.5 Å². The number of benzene rings is 1. The van der Waals surface area contributed by atoms with Crippen LogP contribution >= 0.6 is 0 Å². The van der Waals surface area contributed by atoms with E-state index in [0.717, 1.165) is 25.2 Å². The molecule has 106 valence electrons. The topological polar surface area (TPSA) is 56.8 Å². The summed E-state index contributed by atoms with van der Waals surface area (Å²) in [5.74, 6) is 1.05. The second kappa shape index (κ2) is 5.20. The van der Waals surface area contributed by atoms with E-state index in [0.29, 0.717) is 23.4 Å². The minimum absolute atomic E-state index is 0.226. The van der Waals surface area contributed by atoms with Gasteiger partial charge in [-0.15, -0.1) is 5.10 Å². The Hall–Kier alpha value is -1.95. The molecule has 0 saturated carbocycles. The van der Waals surface area contributed by atoms with Gasteiger partial charge >= 0.3 is 0 Å². The van der Waals surface area contributed by atoms with Crippen molar-refractivity contribution in [3.8, 4) is 11.4 Å². The average Bonchev–Trinajstić information content (AvgIpc) is 2.92. The van der Waals surface area contributed by atoms with E-state index in [9.17, 15) is 4.39 Å². The third kappa shape index (κ3) is 2.51. The molecule has 1 saturated heterocycles. The first-order chi connectivity index (χ1) is 9.63. The predicted molar refractivity (Wildman–Crippen MR) is 76.2 cm³/mol. The van der Waals surface area contributed by atoms with Crippen molar-refractivity contribution < 1.29 is 4.39 Å². The molecular weight excluding hydrogens is 257 g/mol. The summed E-state index contributed by atoms with van der Waals surface area (Å²) < 4.78 is 13.6. The fraction of sp³-hybridized carbons (Fsp3) is 0.429. The van der Waals surface area contributed by atoms with Crippen LogP contribution in [0.25, 0.3) is 11.4 Å². The molecule has 2 heterocycles. The van der Waals surface area contributed by atoms with Crippen molar-refractivity contribution in [2.75, 3.05) is 24.5 Å². The molecule has 1 aliphatic rings. The van der Waals surface area contributed by atoms with Gasteiger partial charge in [-0.1, -0.05) is 12.1 Å². The van der Waals surface area contributed by atoms with E-state index in [-0.39, 0.29) is 5.82 Å². The smallest absolute Gasteiger partial charge is 0.245 e. The number of hydrogen-bond donors (Lipinski definition) is 2. The highest BCUT2D eigenvalue weighted by Crippen LogP contribution is 2.20. The minimum Gasteiger partial charge on any atom is -0.337 e. The number of rotatable bonds is 2. The highest BCUT2D eigenvalue weighted by atomic mass is 19.1. The predicted octanol–water partition coefficient (Wildman–Crippen LogP) is 1.72. The molecule has 2 N–H and O–H groups in total. The van der Waals surface area contributed by atoms with Gasteiger partial charge in [-0.2, -0.15) is 4.98 Å². The molecule has 0 unspecified atom stereocenters. The number of aryl methyl sites for hydroxylation is 1. The maximum Gasteiger partial charge on any atom is 0.245 e. The van der Waals surface area contributed by atoms with E-state index in [1.807, 2.05) is 6.07 Å². The molecular formula is C14H18FN5. The van der Waals surface area contributed by atoms with Crippen LogP contribution in [0.3, 0.4) is 0 Å². The van der Waals surface area contributed by atoms with E-state index in [1.165, 1.54) is 6.07 Å². The number of H-pyrrole nitrogens is 1. The van der Waals surface area contributed by atoms with Gasteiger partial charge in [-0.25, -0.2) is 4.39 Å². The first-order valence-electron chi connectivity index (χ1n) is 6.81. The second-order valence-corrected chi connectivity index (χ2v) is 5.25. The van der Waals surface area contributed by atoms with Crippen molar-refractivity contribution in [1.82, 2.24) is 20.5 Å². The highest BCUT2D eigenvalue weighted by molar-refractivity contribution is 5.57. The molecule has 0 radical (unpaired) electrons. The summed E-state index contributed by atoms with van der Waals surface area (Å²) in [5.41, 5.74) is 1.35. The molecule has 1 aromatic heterocycles. The van der Waals surface area contributed by atoms with E-state index in [2.05, 4.69) is 32.3 Å². The third-order valence-electron chi connectivity index (χ3n) is 3.57. The van der Waals surface area contributed by atoms with Gasteiger partial charge in [0.05, 0.1) is 0 Å². The molecule has 3 rings (SSSR count). The van der Waals surface area contributed by atoms with Crippen LogP contribution in [0.4, 0.5) is 10.3 Å². The van der Waals surface area contributed by atoms with E-state index < -0.39 is 0 Å². The zero-order valence-electron chi connectivity index (χ0n) is 11.7. The average molecular weight is 275 g/mol. The van der Waals surface area contributed by atoms with Crippen molar-refractivity contribution in [3.05, 3.63) is 29.6 Å². The van der Waals surface area contributed by atoms with Crippen molar-refractivity contribution in [1.29, 1.82) is 0 Å². The van der Waals surface area contributed by atoms with Gasteiger partial charge in [0.2, 0.25) is 5.95 Å². The van der Waals surface area contributed by atoms with Crippen molar-refractivity contribution >= 4 is 5.95 Å². The Bertz CT molecular complexity index is 609. The lowest BCUT2D eigenvalue weighted by Crippen LogP contribution is -2.49. The summed E-state index contributed by atoms with van der Waals surface area (Å²) in [6.45, 7) is 6.55. The largest absolute Gasteiger partial charge is 0.337 e. The van der Waals surface area contributed by atoms with Crippen LogP contribution in [0.15, 0.2) is 18.2 Å². The SMILES string of the molecule is Cc1ccc(-c2nc(N3CCN[C@@H](C)C3)n[nH]2)cc1F. The third-order valence-corrected chi connectivity index (χ3v) is 3.57. The molecule has 1 aromatic carbocycles. The number of nitrogens with zero attached hydrogens (tertiary/aromatic N) is 3. The van der Waals surface area contributed by atoms with E-state index in [4.69, 9.17) is 0 Å². The van der Waals surface area contributed by atoms with Gasteiger partial charge in [0, 0.05) is 31.2 Å². The monoisotopic (exact) mass is 275 g/mol. The second-order valence-electron chi connectivity index (χ2n) is 5.25. The summed E-state index contributed by atoms with van der Waals surface area (Å²) in [6.07, 6.45) is 0. The maximum absolute atomic E-state index is 13.6. The van der Waals surface area contributed by atoms with E-state index in [1.54, 1.807) is 13.0 Å². The number of nitrogens with one attached hydrogen (secondary N) is 2. The van der Waals surface area contributed by atoms with Gasteiger partial charge in [0.25, 0.3) is 0 Å². The lowest BCUT2D eigenvalue weighted by Gasteiger charge is -2.30. The first kappa shape index (κ1) is 13.1. The van der Waals surface area contributed by atoms with Crippen molar-refractivity contribution in [2.45, 2.75) is 19.9 Å². The summed E-state index contributed by atoms with van der Waals surface area (Å²) in [4.78, 5) is 6.60. The zero-order chi connectivity index (χ0) is 14.1. The maximum atomic E-state index is 13.6. The first-order valence-corrected chi connectivity index (χ1v) is 6.81. The number of aromatic nitrogens is 3. The van der Waals surface area contributed by atoms with Crippen LogP contribution < -0.4 is 10.2 Å². The number of halogens is 1. The minimum atomic E-state index is -0.226. The molecule has 5 nitrogen and oxygen atoms in total. The molecule has 0 amide bonds. The van der Waals surface area contributed by atoms with Gasteiger partial charge in [0.15, 0.2) is 5.82 Å². The molecule has 6 heteroatoms. The Morgan fingerprint density at radius 3 is 3.00 bits per heavy atom. The molecule has 20 heavy (non-hydrogen) atoms. The number of piperazine rings is 1. The normalized spacial score (nSPS) is 19.4.